The van der Waals surface area contributed by atoms with E-state index < -0.39 is 0 Å². The van der Waals surface area contributed by atoms with Gasteiger partial charge in [-0.1, -0.05) is 5.21 Å². The molecule has 0 radical (unpaired) electrons. The highest BCUT2D eigenvalue weighted by Crippen LogP contribution is 2.27. The van der Waals surface area contributed by atoms with Crippen LogP contribution in [0.2, 0.25) is 0 Å². The van der Waals surface area contributed by atoms with E-state index in [0.717, 1.165) is 24.7 Å². The quantitative estimate of drug-likeness (QED) is 0.700. The second kappa shape index (κ2) is 3.23. The van der Waals surface area contributed by atoms with Crippen LogP contribution in [0, 0.1) is 5.92 Å². The minimum atomic E-state index is 0.852. The molecule has 1 aliphatic rings. The molecule has 0 aliphatic heterocycles. The Morgan fingerprint density at radius 1 is 1.67 bits per heavy atom. The molecule has 4 heteroatoms. The predicted molar refractivity (Wildman–Crippen MR) is 45.4 cm³/mol. The molecular weight excluding hydrogens is 152 g/mol. The molecule has 4 nitrogen and oxygen atoms in total. The average molecular weight is 166 g/mol. The van der Waals surface area contributed by atoms with Crippen LogP contribution in [-0.4, -0.2) is 21.5 Å². The van der Waals surface area contributed by atoms with Crippen LogP contribution in [0.3, 0.4) is 0 Å². The second-order valence-corrected chi connectivity index (χ2v) is 3.46. The first kappa shape index (κ1) is 7.73. The Labute approximate surface area is 72.0 Å². The van der Waals surface area contributed by atoms with Crippen molar-refractivity contribution in [1.29, 1.82) is 0 Å². The number of rotatable bonds is 4. The number of nitrogens with zero attached hydrogens (tertiary/aromatic N) is 3. The van der Waals surface area contributed by atoms with Crippen LogP contribution < -0.4 is 5.32 Å². The molecule has 0 aromatic carbocycles. The summed E-state index contributed by atoms with van der Waals surface area (Å²) >= 11 is 0. The van der Waals surface area contributed by atoms with E-state index in [2.05, 4.69) is 15.6 Å². The summed E-state index contributed by atoms with van der Waals surface area (Å²) in [7, 11) is 1.89. The molecule has 1 aromatic heterocycles. The average Bonchev–Trinajstić information content (AvgIpc) is 2.76. The number of hydrogen-bond acceptors (Lipinski definition) is 3. The van der Waals surface area contributed by atoms with Gasteiger partial charge in [-0.3, -0.25) is 4.68 Å². The summed E-state index contributed by atoms with van der Waals surface area (Å²) < 4.78 is 1.73. The molecule has 1 aromatic rings. The zero-order valence-electron chi connectivity index (χ0n) is 7.32. The molecule has 0 unspecified atom stereocenters. The highest BCUT2D eigenvalue weighted by atomic mass is 15.4. The number of nitrogens with one attached hydrogen (secondary N) is 1. The van der Waals surface area contributed by atoms with Gasteiger partial charge in [0.2, 0.25) is 0 Å². The van der Waals surface area contributed by atoms with Gasteiger partial charge < -0.3 is 5.32 Å². The fourth-order valence-electron chi connectivity index (χ4n) is 1.20. The van der Waals surface area contributed by atoms with Gasteiger partial charge in [-0.2, -0.15) is 0 Å². The first-order valence-electron chi connectivity index (χ1n) is 4.40. The van der Waals surface area contributed by atoms with Crippen molar-refractivity contribution in [2.45, 2.75) is 19.4 Å². The van der Waals surface area contributed by atoms with E-state index in [-0.39, 0.29) is 0 Å². The van der Waals surface area contributed by atoms with Crippen LogP contribution in [0.1, 0.15) is 18.5 Å². The van der Waals surface area contributed by atoms with Gasteiger partial charge in [0, 0.05) is 19.8 Å². The first-order chi connectivity index (χ1) is 5.84. The third kappa shape index (κ3) is 2.04. The van der Waals surface area contributed by atoms with Crippen molar-refractivity contribution in [3.05, 3.63) is 11.9 Å². The van der Waals surface area contributed by atoms with Crippen molar-refractivity contribution in [3.8, 4) is 0 Å². The molecule has 1 fully saturated rings. The van der Waals surface area contributed by atoms with E-state index in [4.69, 9.17) is 0 Å². The van der Waals surface area contributed by atoms with Crippen molar-refractivity contribution in [2.75, 3.05) is 6.54 Å². The number of hydrogen-bond donors (Lipinski definition) is 1. The zero-order valence-corrected chi connectivity index (χ0v) is 7.32. The smallest absolute Gasteiger partial charge is 0.0964 e. The SMILES string of the molecule is Cn1cc(CNCC2CC2)nn1. The summed E-state index contributed by atoms with van der Waals surface area (Å²) in [6.45, 7) is 1.99. The van der Waals surface area contributed by atoms with Gasteiger partial charge in [-0.15, -0.1) is 5.10 Å². The summed E-state index contributed by atoms with van der Waals surface area (Å²) in [4.78, 5) is 0. The van der Waals surface area contributed by atoms with Gasteiger partial charge in [0.1, 0.15) is 0 Å². The van der Waals surface area contributed by atoms with Crippen LogP contribution >= 0.6 is 0 Å². The van der Waals surface area contributed by atoms with Gasteiger partial charge in [0.05, 0.1) is 5.69 Å². The molecule has 1 saturated carbocycles. The second-order valence-electron chi connectivity index (χ2n) is 3.46. The molecule has 66 valence electrons. The van der Waals surface area contributed by atoms with E-state index in [0.29, 0.717) is 0 Å². The highest BCUT2D eigenvalue weighted by molar-refractivity contribution is 4.91. The van der Waals surface area contributed by atoms with E-state index in [1.807, 2.05) is 13.2 Å². The molecule has 1 aliphatic carbocycles. The summed E-state index contributed by atoms with van der Waals surface area (Å²) in [5.74, 6) is 0.932. The maximum atomic E-state index is 3.98. The molecule has 1 N–H and O–H groups in total. The largest absolute Gasteiger partial charge is 0.311 e. The molecule has 2 rings (SSSR count). The van der Waals surface area contributed by atoms with Crippen LogP contribution in [0.5, 0.6) is 0 Å². The lowest BCUT2D eigenvalue weighted by molar-refractivity contribution is 0.628. The molecular formula is C8H14N4. The minimum absolute atomic E-state index is 0.852. The fraction of sp³-hybridized carbons (Fsp3) is 0.750. The van der Waals surface area contributed by atoms with Crippen molar-refractivity contribution in [1.82, 2.24) is 20.3 Å². The third-order valence-corrected chi connectivity index (χ3v) is 2.09. The lowest BCUT2D eigenvalue weighted by atomic mass is 10.4. The van der Waals surface area contributed by atoms with Gasteiger partial charge in [0.15, 0.2) is 0 Å². The van der Waals surface area contributed by atoms with Crippen LogP contribution in [-0.2, 0) is 13.6 Å². The molecule has 1 heterocycles. The van der Waals surface area contributed by atoms with Gasteiger partial charge in [0.25, 0.3) is 0 Å². The van der Waals surface area contributed by atoms with E-state index in [9.17, 15) is 0 Å². The van der Waals surface area contributed by atoms with Gasteiger partial charge in [-0.05, 0) is 25.3 Å². The first-order valence-corrected chi connectivity index (χ1v) is 4.40. The zero-order chi connectivity index (χ0) is 8.39. The lowest BCUT2D eigenvalue weighted by Crippen LogP contribution is -2.16. The molecule has 0 bridgehead atoms. The van der Waals surface area contributed by atoms with E-state index in [1.54, 1.807) is 4.68 Å². The molecule has 0 amide bonds. The Balaban J connectivity index is 1.71. The normalized spacial score (nSPS) is 16.8. The van der Waals surface area contributed by atoms with Crippen molar-refractivity contribution >= 4 is 0 Å². The van der Waals surface area contributed by atoms with E-state index in [1.165, 1.54) is 12.8 Å². The maximum Gasteiger partial charge on any atom is 0.0964 e. The number of aryl methyl sites for hydroxylation is 1. The topological polar surface area (TPSA) is 42.7 Å². The highest BCUT2D eigenvalue weighted by Gasteiger charge is 2.20. The van der Waals surface area contributed by atoms with Gasteiger partial charge >= 0.3 is 0 Å². The van der Waals surface area contributed by atoms with E-state index >= 15 is 0 Å². The van der Waals surface area contributed by atoms with Crippen LogP contribution in [0.4, 0.5) is 0 Å². The lowest BCUT2D eigenvalue weighted by Gasteiger charge is -1.97. The standard InChI is InChI=1S/C8H14N4/c1-12-6-8(10-11-12)5-9-4-7-2-3-7/h6-7,9H,2-5H2,1H3. The Hall–Kier alpha value is -0.900. The fourth-order valence-corrected chi connectivity index (χ4v) is 1.20. The molecule has 0 atom stereocenters. The van der Waals surface area contributed by atoms with Crippen molar-refractivity contribution in [2.24, 2.45) is 13.0 Å². The monoisotopic (exact) mass is 166 g/mol. The summed E-state index contributed by atoms with van der Waals surface area (Å²) in [5, 5.41) is 11.2. The Morgan fingerprint density at radius 2 is 2.50 bits per heavy atom. The van der Waals surface area contributed by atoms with Crippen molar-refractivity contribution < 1.29 is 0 Å². The summed E-state index contributed by atoms with van der Waals surface area (Å²) in [6, 6.07) is 0. The van der Waals surface area contributed by atoms with Crippen LogP contribution in [0.15, 0.2) is 6.20 Å². The number of aromatic nitrogens is 3. The maximum absolute atomic E-state index is 3.98. The summed E-state index contributed by atoms with van der Waals surface area (Å²) in [6.07, 6.45) is 4.74. The Bertz CT molecular complexity index is 251. The Kier molecular flexibility index (Phi) is 2.08. The van der Waals surface area contributed by atoms with Crippen LogP contribution in [0.25, 0.3) is 0 Å². The Morgan fingerprint density at radius 3 is 3.08 bits per heavy atom. The van der Waals surface area contributed by atoms with Crippen molar-refractivity contribution in [3.63, 3.8) is 0 Å². The summed E-state index contributed by atoms with van der Waals surface area (Å²) in [5.41, 5.74) is 1.03. The third-order valence-electron chi connectivity index (χ3n) is 2.09. The molecule has 0 saturated heterocycles. The van der Waals surface area contributed by atoms with Gasteiger partial charge in [-0.25, -0.2) is 0 Å². The molecule has 12 heavy (non-hydrogen) atoms. The minimum Gasteiger partial charge on any atom is -0.311 e. The molecule has 0 spiro atoms. The predicted octanol–water partition coefficient (Wildman–Crippen LogP) is 0.315.